The lowest BCUT2D eigenvalue weighted by Crippen LogP contribution is -2.19. The molecule has 7 nitrogen and oxygen atoms in total. The highest BCUT2D eigenvalue weighted by atomic mass is 32.2. The number of aryl methyl sites for hydroxylation is 1. The fourth-order valence-corrected chi connectivity index (χ4v) is 3.80. The van der Waals surface area contributed by atoms with Crippen LogP contribution >= 0.6 is 23.1 Å². The number of aromatic nitrogens is 3. The zero-order valence-corrected chi connectivity index (χ0v) is 12.8. The second-order valence-electron chi connectivity index (χ2n) is 4.34. The van der Waals surface area contributed by atoms with Crippen LogP contribution in [0.25, 0.3) is 10.2 Å². The smallest absolute Gasteiger partial charge is 0.285 e. The first kappa shape index (κ1) is 14.7. The Hall–Kier alpha value is -2.26. The van der Waals surface area contributed by atoms with E-state index >= 15 is 0 Å². The van der Waals surface area contributed by atoms with Gasteiger partial charge in [0.1, 0.15) is 11.4 Å². The Morgan fingerprint density at radius 3 is 3.00 bits per heavy atom. The first-order valence-electron chi connectivity index (χ1n) is 6.31. The molecular formula is C13H10N4O3S2. The monoisotopic (exact) mass is 334 g/mol. The van der Waals surface area contributed by atoms with Gasteiger partial charge >= 0.3 is 0 Å². The third-order valence-corrected chi connectivity index (χ3v) is 4.97. The number of hydrogen-bond donors (Lipinski definition) is 0. The lowest BCUT2D eigenvalue weighted by molar-refractivity contribution is -0.385. The predicted octanol–water partition coefficient (Wildman–Crippen LogP) is 2.55. The fraction of sp³-hybridized carbons (Fsp3) is 0.154. The van der Waals surface area contributed by atoms with Gasteiger partial charge < -0.3 is 4.57 Å². The quantitative estimate of drug-likeness (QED) is 0.308. The SMILES string of the molecule is O=c1ccc([N+](=O)[O-])cn1CCSc1ncnc2ccsc12. The summed E-state index contributed by atoms with van der Waals surface area (Å²) < 4.78 is 2.36. The van der Waals surface area contributed by atoms with Gasteiger partial charge in [-0.15, -0.1) is 23.1 Å². The van der Waals surface area contributed by atoms with E-state index in [1.807, 2.05) is 11.4 Å². The Labute approximate surface area is 132 Å². The van der Waals surface area contributed by atoms with Crippen molar-refractivity contribution in [1.29, 1.82) is 0 Å². The van der Waals surface area contributed by atoms with Gasteiger partial charge in [-0.1, -0.05) is 0 Å². The van der Waals surface area contributed by atoms with Crippen molar-refractivity contribution in [2.24, 2.45) is 0 Å². The Morgan fingerprint density at radius 1 is 1.32 bits per heavy atom. The minimum atomic E-state index is -0.511. The van der Waals surface area contributed by atoms with E-state index in [1.54, 1.807) is 11.3 Å². The van der Waals surface area contributed by atoms with E-state index in [9.17, 15) is 14.9 Å². The molecule has 0 spiro atoms. The Balaban J connectivity index is 1.73. The molecule has 3 aromatic heterocycles. The van der Waals surface area contributed by atoms with Crippen LogP contribution in [0.3, 0.4) is 0 Å². The van der Waals surface area contributed by atoms with Crippen molar-refractivity contribution in [3.63, 3.8) is 0 Å². The summed E-state index contributed by atoms with van der Waals surface area (Å²) in [7, 11) is 0. The predicted molar refractivity (Wildman–Crippen MR) is 85.5 cm³/mol. The lowest BCUT2D eigenvalue weighted by Gasteiger charge is -2.05. The molecule has 0 aliphatic carbocycles. The Morgan fingerprint density at radius 2 is 2.18 bits per heavy atom. The van der Waals surface area contributed by atoms with Crippen LogP contribution in [0.1, 0.15) is 0 Å². The number of pyridine rings is 1. The average molecular weight is 334 g/mol. The zero-order chi connectivity index (χ0) is 15.5. The normalized spacial score (nSPS) is 10.9. The van der Waals surface area contributed by atoms with Crippen LogP contribution in [-0.2, 0) is 6.54 Å². The summed E-state index contributed by atoms with van der Waals surface area (Å²) in [6.07, 6.45) is 2.78. The molecule has 112 valence electrons. The highest BCUT2D eigenvalue weighted by Gasteiger charge is 2.09. The standard InChI is InChI=1S/C13H10N4O3S2/c18-11-2-1-9(17(19)20)7-16(11)4-6-22-13-12-10(3-5-21-12)14-8-15-13/h1-3,5,7-8H,4,6H2. The van der Waals surface area contributed by atoms with Crippen molar-refractivity contribution in [1.82, 2.24) is 14.5 Å². The maximum absolute atomic E-state index is 11.7. The molecule has 0 unspecified atom stereocenters. The largest absolute Gasteiger partial charge is 0.308 e. The number of nitrogens with zero attached hydrogens (tertiary/aromatic N) is 4. The van der Waals surface area contributed by atoms with Gasteiger partial charge in [0.25, 0.3) is 11.2 Å². The number of hydrogen-bond acceptors (Lipinski definition) is 7. The van der Waals surface area contributed by atoms with Gasteiger partial charge in [0.15, 0.2) is 0 Å². The highest BCUT2D eigenvalue weighted by molar-refractivity contribution is 7.99. The molecule has 0 atom stereocenters. The minimum absolute atomic E-state index is 0.0905. The van der Waals surface area contributed by atoms with Crippen molar-refractivity contribution in [3.8, 4) is 0 Å². The van der Waals surface area contributed by atoms with Gasteiger partial charge in [-0.05, 0) is 11.4 Å². The fourth-order valence-electron chi connectivity index (χ4n) is 1.91. The molecule has 0 amide bonds. The number of thioether (sulfide) groups is 1. The van der Waals surface area contributed by atoms with Crippen LogP contribution in [0.5, 0.6) is 0 Å². The van der Waals surface area contributed by atoms with E-state index in [2.05, 4.69) is 9.97 Å². The molecule has 0 saturated carbocycles. The Bertz CT molecular complexity index is 890. The molecule has 0 N–H and O–H groups in total. The second-order valence-corrected chi connectivity index (χ2v) is 6.34. The summed E-state index contributed by atoms with van der Waals surface area (Å²) in [5.41, 5.74) is 0.553. The maximum atomic E-state index is 11.7. The van der Waals surface area contributed by atoms with Crippen molar-refractivity contribution in [2.45, 2.75) is 11.6 Å². The van der Waals surface area contributed by atoms with Crippen LogP contribution in [0, 0.1) is 10.1 Å². The van der Waals surface area contributed by atoms with Crippen LogP contribution in [0.15, 0.2) is 45.9 Å². The molecule has 0 bridgehead atoms. The van der Waals surface area contributed by atoms with Crippen LogP contribution in [0.2, 0.25) is 0 Å². The van der Waals surface area contributed by atoms with Gasteiger partial charge in [0, 0.05) is 24.4 Å². The maximum Gasteiger partial charge on any atom is 0.285 e. The van der Waals surface area contributed by atoms with E-state index < -0.39 is 4.92 Å². The van der Waals surface area contributed by atoms with Crippen molar-refractivity contribution < 1.29 is 4.92 Å². The Kier molecular flexibility index (Phi) is 4.16. The van der Waals surface area contributed by atoms with Gasteiger partial charge in [-0.2, -0.15) is 0 Å². The van der Waals surface area contributed by atoms with Crippen molar-refractivity contribution in [3.05, 3.63) is 56.6 Å². The van der Waals surface area contributed by atoms with Crippen LogP contribution < -0.4 is 5.56 Å². The minimum Gasteiger partial charge on any atom is -0.308 e. The molecular weight excluding hydrogens is 324 g/mol. The first-order valence-corrected chi connectivity index (χ1v) is 8.17. The molecule has 9 heteroatoms. The third-order valence-electron chi connectivity index (χ3n) is 2.96. The molecule has 0 fully saturated rings. The lowest BCUT2D eigenvalue weighted by atomic mass is 10.4. The summed E-state index contributed by atoms with van der Waals surface area (Å²) >= 11 is 3.07. The number of rotatable bonds is 5. The summed E-state index contributed by atoms with van der Waals surface area (Å²) in [6.45, 7) is 0.377. The van der Waals surface area contributed by atoms with Gasteiger partial charge in [-0.3, -0.25) is 14.9 Å². The summed E-state index contributed by atoms with van der Waals surface area (Å²) in [6, 6.07) is 4.35. The number of thiophene rings is 1. The van der Waals surface area contributed by atoms with E-state index in [4.69, 9.17) is 0 Å². The summed E-state index contributed by atoms with van der Waals surface area (Å²) in [5, 5.41) is 13.6. The van der Waals surface area contributed by atoms with Crippen molar-refractivity contribution in [2.75, 3.05) is 5.75 Å². The van der Waals surface area contributed by atoms with E-state index in [0.29, 0.717) is 12.3 Å². The van der Waals surface area contributed by atoms with Gasteiger partial charge in [0.05, 0.1) is 21.3 Å². The molecule has 0 radical (unpaired) electrons. The highest BCUT2D eigenvalue weighted by Crippen LogP contribution is 2.28. The van der Waals surface area contributed by atoms with E-state index in [-0.39, 0.29) is 11.2 Å². The molecule has 22 heavy (non-hydrogen) atoms. The first-order chi connectivity index (χ1) is 10.6. The van der Waals surface area contributed by atoms with Crippen LogP contribution in [-0.4, -0.2) is 25.2 Å². The molecule has 3 aromatic rings. The second kappa shape index (κ2) is 6.24. The van der Waals surface area contributed by atoms with Gasteiger partial charge in [0.2, 0.25) is 0 Å². The van der Waals surface area contributed by atoms with E-state index in [0.717, 1.165) is 15.2 Å². The third kappa shape index (κ3) is 3.00. The average Bonchev–Trinajstić information content (AvgIpc) is 2.98. The van der Waals surface area contributed by atoms with E-state index in [1.165, 1.54) is 41.0 Å². The number of fused-ring (bicyclic) bond motifs is 1. The molecule has 3 rings (SSSR count). The molecule has 0 saturated heterocycles. The zero-order valence-electron chi connectivity index (χ0n) is 11.2. The van der Waals surface area contributed by atoms with Crippen LogP contribution in [0.4, 0.5) is 5.69 Å². The van der Waals surface area contributed by atoms with Gasteiger partial charge in [-0.25, -0.2) is 9.97 Å². The molecule has 3 heterocycles. The summed E-state index contributed by atoms with van der Waals surface area (Å²) in [4.78, 5) is 30.4. The molecule has 0 aliphatic rings. The topological polar surface area (TPSA) is 90.9 Å². The van der Waals surface area contributed by atoms with Crippen molar-refractivity contribution >= 4 is 39.0 Å². The number of nitro groups is 1. The summed E-state index contributed by atoms with van der Waals surface area (Å²) in [5.74, 6) is 0.588. The molecule has 0 aromatic carbocycles. The molecule has 0 aliphatic heterocycles.